The van der Waals surface area contributed by atoms with E-state index in [-0.39, 0.29) is 0 Å². The van der Waals surface area contributed by atoms with Crippen molar-refractivity contribution in [3.63, 3.8) is 0 Å². The largest absolute Gasteiger partial charge is 0.208 e. The van der Waals surface area contributed by atoms with Crippen molar-refractivity contribution in [2.75, 3.05) is 0 Å². The summed E-state index contributed by atoms with van der Waals surface area (Å²) in [6.07, 6.45) is 0. The van der Waals surface area contributed by atoms with Crippen LogP contribution < -0.4 is 0 Å². The van der Waals surface area contributed by atoms with E-state index in [2.05, 4.69) is 212 Å². The fourth-order valence-electron chi connectivity index (χ4n) is 8.23. The van der Waals surface area contributed by atoms with Gasteiger partial charge in [0.15, 0.2) is 17.5 Å². The molecule has 0 aliphatic heterocycles. The Kier molecular flexibility index (Phi) is 8.15. The van der Waals surface area contributed by atoms with Crippen molar-refractivity contribution in [1.29, 1.82) is 0 Å². The first-order valence-corrected chi connectivity index (χ1v) is 19.7. The third-order valence-electron chi connectivity index (χ3n) is 11.3. The first-order chi connectivity index (χ1) is 28.7. The molecule has 0 bridgehead atoms. The molecule has 0 aliphatic rings. The van der Waals surface area contributed by atoms with E-state index in [0.717, 1.165) is 33.0 Å². The van der Waals surface area contributed by atoms with Crippen LogP contribution in [0.4, 0.5) is 0 Å². The van der Waals surface area contributed by atoms with Crippen molar-refractivity contribution in [2.45, 2.75) is 0 Å². The Morgan fingerprint density at radius 3 is 1.24 bits per heavy atom. The summed E-state index contributed by atoms with van der Waals surface area (Å²) in [6, 6.07) is 75.5. The smallest absolute Gasteiger partial charge is 0.164 e. The molecular weight excluding hydrogens is 703 g/mol. The van der Waals surface area contributed by atoms with E-state index in [9.17, 15) is 0 Å². The standard InChI is InChI=1S/C55H35N3/c1-3-10-36(11-4-1)43-27-28-45-33-47(31-29-44(45)32-43)54-56-53(42-24-20-39(21-25-42)50-17-9-15-38-14-7-8-16-49(38)50)57-55(58-54)48-30-23-41-19-18-40-22-26-46(34-51(40)52(41)35-48)37-12-5-2-6-13-37/h1-35H. The lowest BCUT2D eigenvalue weighted by atomic mass is 9.96. The van der Waals surface area contributed by atoms with E-state index in [1.807, 2.05) is 0 Å². The number of aromatic nitrogens is 3. The van der Waals surface area contributed by atoms with Gasteiger partial charge in [-0.15, -0.1) is 0 Å². The molecule has 11 rings (SSSR count). The zero-order valence-electron chi connectivity index (χ0n) is 31.5. The van der Waals surface area contributed by atoms with Crippen LogP contribution in [0.15, 0.2) is 212 Å². The number of hydrogen-bond donors (Lipinski definition) is 0. The number of nitrogens with zero attached hydrogens (tertiary/aromatic N) is 3. The van der Waals surface area contributed by atoms with Crippen LogP contribution in [0.5, 0.6) is 0 Å². The van der Waals surface area contributed by atoms with Gasteiger partial charge in [0.2, 0.25) is 0 Å². The Hall–Kier alpha value is -7.75. The second kappa shape index (κ2) is 14.1. The molecule has 0 fully saturated rings. The quantitative estimate of drug-likeness (QED) is 0.160. The van der Waals surface area contributed by atoms with Gasteiger partial charge in [0.1, 0.15) is 0 Å². The molecule has 10 aromatic carbocycles. The summed E-state index contributed by atoms with van der Waals surface area (Å²) in [5.41, 5.74) is 9.94. The van der Waals surface area contributed by atoms with Crippen LogP contribution >= 0.6 is 0 Å². The second-order valence-corrected chi connectivity index (χ2v) is 14.9. The van der Waals surface area contributed by atoms with Crippen LogP contribution in [0.2, 0.25) is 0 Å². The van der Waals surface area contributed by atoms with E-state index < -0.39 is 0 Å². The summed E-state index contributed by atoms with van der Waals surface area (Å²) in [5, 5.41) is 9.48. The highest BCUT2D eigenvalue weighted by molar-refractivity contribution is 6.10. The maximum Gasteiger partial charge on any atom is 0.164 e. The minimum atomic E-state index is 0.633. The van der Waals surface area contributed by atoms with Gasteiger partial charge < -0.3 is 0 Å². The molecular formula is C55H35N3. The molecule has 0 saturated carbocycles. The molecule has 0 aliphatic carbocycles. The summed E-state index contributed by atoms with van der Waals surface area (Å²) in [6.45, 7) is 0. The highest BCUT2D eigenvalue weighted by Crippen LogP contribution is 2.35. The third-order valence-corrected chi connectivity index (χ3v) is 11.3. The van der Waals surface area contributed by atoms with Crippen molar-refractivity contribution in [2.24, 2.45) is 0 Å². The van der Waals surface area contributed by atoms with Crippen molar-refractivity contribution in [1.82, 2.24) is 15.0 Å². The van der Waals surface area contributed by atoms with Gasteiger partial charge >= 0.3 is 0 Å². The Morgan fingerprint density at radius 1 is 0.207 bits per heavy atom. The van der Waals surface area contributed by atoms with Crippen LogP contribution in [-0.2, 0) is 0 Å². The van der Waals surface area contributed by atoms with E-state index in [4.69, 9.17) is 15.0 Å². The van der Waals surface area contributed by atoms with E-state index >= 15 is 0 Å². The van der Waals surface area contributed by atoms with Gasteiger partial charge in [0.25, 0.3) is 0 Å². The fourth-order valence-corrected chi connectivity index (χ4v) is 8.23. The highest BCUT2D eigenvalue weighted by atomic mass is 15.0. The van der Waals surface area contributed by atoms with E-state index in [1.165, 1.54) is 60.1 Å². The average molecular weight is 738 g/mol. The van der Waals surface area contributed by atoms with Gasteiger partial charge in [-0.3, -0.25) is 0 Å². The van der Waals surface area contributed by atoms with Crippen LogP contribution in [0.3, 0.4) is 0 Å². The predicted molar refractivity (Wildman–Crippen MR) is 242 cm³/mol. The SMILES string of the molecule is c1ccc(-c2ccc3cc(-c4nc(-c5ccc(-c6cccc7ccccc67)cc5)nc(-c5ccc6ccc7ccc(-c8ccccc8)cc7c6c5)n4)ccc3c2)cc1. The van der Waals surface area contributed by atoms with Gasteiger partial charge in [-0.2, -0.15) is 0 Å². The summed E-state index contributed by atoms with van der Waals surface area (Å²) >= 11 is 0. The molecule has 0 N–H and O–H groups in total. The third kappa shape index (κ3) is 6.16. The molecule has 0 saturated heterocycles. The number of benzene rings is 10. The minimum Gasteiger partial charge on any atom is -0.208 e. The maximum atomic E-state index is 5.20. The second-order valence-electron chi connectivity index (χ2n) is 14.9. The summed E-state index contributed by atoms with van der Waals surface area (Å²) < 4.78 is 0. The fraction of sp³-hybridized carbons (Fsp3) is 0. The van der Waals surface area contributed by atoms with Gasteiger partial charge in [-0.05, 0) is 101 Å². The zero-order valence-corrected chi connectivity index (χ0v) is 31.5. The molecule has 0 atom stereocenters. The maximum absolute atomic E-state index is 5.20. The predicted octanol–water partition coefficient (Wildman–Crippen LogP) is 14.5. The minimum absolute atomic E-state index is 0.633. The van der Waals surface area contributed by atoms with Crippen molar-refractivity contribution in [3.8, 4) is 67.5 Å². The van der Waals surface area contributed by atoms with E-state index in [0.29, 0.717) is 17.5 Å². The topological polar surface area (TPSA) is 38.7 Å². The monoisotopic (exact) mass is 737 g/mol. The van der Waals surface area contributed by atoms with E-state index in [1.54, 1.807) is 0 Å². The zero-order chi connectivity index (χ0) is 38.4. The van der Waals surface area contributed by atoms with Crippen molar-refractivity contribution in [3.05, 3.63) is 212 Å². The lowest BCUT2D eigenvalue weighted by Crippen LogP contribution is -2.00. The Labute approximate surface area is 336 Å². The highest BCUT2D eigenvalue weighted by Gasteiger charge is 2.15. The van der Waals surface area contributed by atoms with Gasteiger partial charge in [-0.25, -0.2) is 15.0 Å². The molecule has 0 spiro atoms. The normalized spacial score (nSPS) is 11.4. The number of rotatable bonds is 6. The molecule has 1 aromatic heterocycles. The van der Waals surface area contributed by atoms with Crippen molar-refractivity contribution >= 4 is 43.1 Å². The molecule has 0 radical (unpaired) electrons. The summed E-state index contributed by atoms with van der Waals surface area (Å²) in [7, 11) is 0. The van der Waals surface area contributed by atoms with Crippen LogP contribution in [0.25, 0.3) is 111 Å². The Morgan fingerprint density at radius 2 is 0.603 bits per heavy atom. The Balaban J connectivity index is 1.05. The average Bonchev–Trinajstić information content (AvgIpc) is 3.31. The summed E-state index contributed by atoms with van der Waals surface area (Å²) in [5.74, 6) is 1.90. The molecule has 58 heavy (non-hydrogen) atoms. The molecule has 3 nitrogen and oxygen atoms in total. The molecule has 0 unspecified atom stereocenters. The molecule has 3 heteroatoms. The molecule has 1 heterocycles. The first-order valence-electron chi connectivity index (χ1n) is 19.7. The Bertz CT molecular complexity index is 3310. The first kappa shape index (κ1) is 33.6. The van der Waals surface area contributed by atoms with Gasteiger partial charge in [-0.1, -0.05) is 188 Å². The van der Waals surface area contributed by atoms with Crippen molar-refractivity contribution < 1.29 is 0 Å². The van der Waals surface area contributed by atoms with Crippen LogP contribution in [-0.4, -0.2) is 15.0 Å². The van der Waals surface area contributed by atoms with Crippen LogP contribution in [0.1, 0.15) is 0 Å². The van der Waals surface area contributed by atoms with Gasteiger partial charge in [0.05, 0.1) is 0 Å². The molecule has 0 amide bonds. The van der Waals surface area contributed by atoms with Crippen LogP contribution in [0, 0.1) is 0 Å². The number of hydrogen-bond acceptors (Lipinski definition) is 3. The molecule has 270 valence electrons. The lowest BCUT2D eigenvalue weighted by molar-refractivity contribution is 1.08. The van der Waals surface area contributed by atoms with Gasteiger partial charge in [0, 0.05) is 16.7 Å². The number of fused-ring (bicyclic) bond motifs is 5. The lowest BCUT2D eigenvalue weighted by Gasteiger charge is -2.12. The molecule has 11 aromatic rings. The summed E-state index contributed by atoms with van der Waals surface area (Å²) in [4.78, 5) is 15.5.